The molecule has 1 aromatic heterocycles. The van der Waals surface area contributed by atoms with Gasteiger partial charge >= 0.3 is 0 Å². The van der Waals surface area contributed by atoms with Crippen LogP contribution in [0.25, 0.3) is 0 Å². The predicted octanol–water partition coefficient (Wildman–Crippen LogP) is 3.15. The first-order valence-corrected chi connectivity index (χ1v) is 13.6. The minimum atomic E-state index is 0.0281. The van der Waals surface area contributed by atoms with Crippen LogP contribution in [0.5, 0.6) is 0 Å². The highest BCUT2D eigenvalue weighted by atomic mass is 16.2. The minimum absolute atomic E-state index is 0.0281. The van der Waals surface area contributed by atoms with Gasteiger partial charge in [-0.2, -0.15) is 5.26 Å². The topological polar surface area (TPSA) is 84.3 Å². The first kappa shape index (κ1) is 21.8. The van der Waals surface area contributed by atoms with Crippen molar-refractivity contribution in [3.63, 3.8) is 0 Å². The number of hydrazine groups is 1. The second-order valence-electron chi connectivity index (χ2n) is 12.3. The molecule has 4 heterocycles. The molecule has 0 radical (unpaired) electrons. The Bertz CT molecular complexity index is 1130. The summed E-state index contributed by atoms with van der Waals surface area (Å²) in [6.45, 7) is 10.4. The first-order chi connectivity index (χ1) is 17.0. The molecule has 7 heteroatoms. The molecule has 2 saturated carbocycles. The van der Waals surface area contributed by atoms with Crippen LogP contribution in [-0.2, 0) is 4.79 Å². The number of nitrogens with one attached hydrogen (secondary N) is 2. The zero-order chi connectivity index (χ0) is 23.9. The Hall–Kier alpha value is -2.43. The monoisotopic (exact) mass is 472 g/mol. The number of hydrogen-bond acceptors (Lipinski definition) is 6. The van der Waals surface area contributed by atoms with Gasteiger partial charge in [0, 0.05) is 55.8 Å². The van der Waals surface area contributed by atoms with Crippen LogP contribution in [0.3, 0.4) is 0 Å². The maximum absolute atomic E-state index is 12.1. The molecule has 184 valence electrons. The van der Waals surface area contributed by atoms with Gasteiger partial charge in [0.05, 0.1) is 5.56 Å². The number of rotatable bonds is 3. The summed E-state index contributed by atoms with van der Waals surface area (Å²) in [7, 11) is 0. The van der Waals surface area contributed by atoms with Crippen LogP contribution in [0.2, 0.25) is 0 Å². The van der Waals surface area contributed by atoms with E-state index in [1.807, 2.05) is 4.90 Å². The number of nitrogens with zero attached hydrogens (tertiary/aromatic N) is 4. The number of aromatic nitrogens is 1. The molecule has 2 bridgehead atoms. The normalized spacial score (nSPS) is 36.1. The lowest BCUT2D eigenvalue weighted by Crippen LogP contribution is -2.59. The molecule has 35 heavy (non-hydrogen) atoms. The molecular weight excluding hydrogens is 436 g/mol. The van der Waals surface area contributed by atoms with Gasteiger partial charge in [0.2, 0.25) is 5.91 Å². The smallest absolute Gasteiger partial charge is 0.245 e. The van der Waals surface area contributed by atoms with Crippen molar-refractivity contribution in [2.45, 2.75) is 69.2 Å². The van der Waals surface area contributed by atoms with Gasteiger partial charge in [-0.05, 0) is 79.4 Å². The van der Waals surface area contributed by atoms with Crippen molar-refractivity contribution >= 4 is 11.7 Å². The molecule has 3 aliphatic carbocycles. The van der Waals surface area contributed by atoms with E-state index < -0.39 is 0 Å². The minimum Gasteiger partial charge on any atom is -0.355 e. The van der Waals surface area contributed by atoms with Gasteiger partial charge in [-0.15, -0.1) is 0 Å². The molecule has 0 aromatic carbocycles. The summed E-state index contributed by atoms with van der Waals surface area (Å²) in [4.78, 5) is 21.7. The number of nitriles is 1. The number of pyridine rings is 1. The van der Waals surface area contributed by atoms with Gasteiger partial charge in [-0.1, -0.05) is 13.5 Å². The fourth-order valence-electron chi connectivity index (χ4n) is 8.73. The quantitative estimate of drug-likeness (QED) is 0.658. The standard InChI is InChI=1S/C28H36N6O/c1-3-22(35)34-14-28(15-34)8-9-33(13-28)27-19(11-29)25(24-17-5-6-18(10-17)26(24)31-27)23-16(2)4-7-21-20(23)12-30-32-21/h3,16-18,20-21,23,30,32H,1,4-10,12-15H2,2H3/t16?,17-,18+,20?,21?,23?/m0/s1. The molecule has 4 unspecified atom stereocenters. The fraction of sp³-hybridized carbons (Fsp3) is 0.679. The van der Waals surface area contributed by atoms with Gasteiger partial charge in [0.25, 0.3) is 0 Å². The van der Waals surface area contributed by atoms with Crippen LogP contribution in [0.1, 0.15) is 85.6 Å². The van der Waals surface area contributed by atoms with Crippen LogP contribution in [0.4, 0.5) is 5.82 Å². The predicted molar refractivity (Wildman–Crippen MR) is 134 cm³/mol. The maximum Gasteiger partial charge on any atom is 0.245 e. The SMILES string of the molecule is C=CC(=O)N1CC2(CCN(c3nc4c(c(C5C(C)CCC6NNCC65)c3C#N)[C@H]3CC[C@@H]4C3)C2)C1. The number of hydrogen-bond donors (Lipinski definition) is 2. The second-order valence-corrected chi connectivity index (χ2v) is 12.3. The number of anilines is 1. The van der Waals surface area contributed by atoms with E-state index in [-0.39, 0.29) is 11.3 Å². The van der Waals surface area contributed by atoms with Crippen molar-refractivity contribution in [1.82, 2.24) is 20.7 Å². The van der Waals surface area contributed by atoms with Crippen LogP contribution >= 0.6 is 0 Å². The van der Waals surface area contributed by atoms with Gasteiger partial charge < -0.3 is 9.80 Å². The van der Waals surface area contributed by atoms with Gasteiger partial charge in [-0.25, -0.2) is 4.98 Å². The maximum atomic E-state index is 12.1. The Morgan fingerprint density at radius 2 is 2.03 bits per heavy atom. The fourth-order valence-corrected chi connectivity index (χ4v) is 8.73. The number of likely N-dealkylation sites (tertiary alicyclic amines) is 1. The third-order valence-corrected chi connectivity index (χ3v) is 10.4. The highest BCUT2D eigenvalue weighted by Gasteiger charge is 2.52. The first-order valence-electron chi connectivity index (χ1n) is 13.6. The van der Waals surface area contributed by atoms with Crippen molar-refractivity contribution in [3.8, 4) is 6.07 Å². The van der Waals surface area contributed by atoms with Crippen molar-refractivity contribution in [3.05, 3.63) is 35.0 Å². The molecule has 3 saturated heterocycles. The van der Waals surface area contributed by atoms with Gasteiger partial charge in [0.1, 0.15) is 11.9 Å². The van der Waals surface area contributed by atoms with Crippen molar-refractivity contribution in [2.75, 3.05) is 37.6 Å². The number of fused-ring (bicyclic) bond motifs is 6. The van der Waals surface area contributed by atoms with E-state index in [9.17, 15) is 10.1 Å². The molecule has 2 N–H and O–H groups in total. The third kappa shape index (κ3) is 3.09. The number of amides is 1. The Labute approximate surface area is 207 Å². The average molecular weight is 473 g/mol. The summed E-state index contributed by atoms with van der Waals surface area (Å²) in [6.07, 6.45) is 8.59. The van der Waals surface area contributed by atoms with Crippen LogP contribution in [0, 0.1) is 28.6 Å². The van der Waals surface area contributed by atoms with E-state index in [0.717, 1.165) is 50.5 Å². The second kappa shape index (κ2) is 7.78. The van der Waals surface area contributed by atoms with E-state index in [1.54, 1.807) is 0 Å². The highest BCUT2D eigenvalue weighted by Crippen LogP contribution is 2.58. The molecular formula is C28H36N6O. The molecule has 6 aliphatic rings. The molecule has 1 amide bonds. The Morgan fingerprint density at radius 3 is 2.83 bits per heavy atom. The summed E-state index contributed by atoms with van der Waals surface area (Å²) in [5.41, 5.74) is 12.1. The number of carbonyl (C=O) groups excluding carboxylic acids is 1. The summed E-state index contributed by atoms with van der Waals surface area (Å²) < 4.78 is 0. The zero-order valence-electron chi connectivity index (χ0n) is 20.7. The van der Waals surface area contributed by atoms with Crippen molar-refractivity contribution < 1.29 is 4.79 Å². The van der Waals surface area contributed by atoms with E-state index in [0.29, 0.717) is 35.6 Å². The van der Waals surface area contributed by atoms with Gasteiger partial charge in [-0.3, -0.25) is 15.6 Å². The molecule has 1 spiro atoms. The van der Waals surface area contributed by atoms with E-state index in [2.05, 4.69) is 35.3 Å². The molecule has 7 rings (SSSR count). The molecule has 1 aromatic rings. The van der Waals surface area contributed by atoms with Crippen LogP contribution < -0.4 is 15.8 Å². The summed E-state index contributed by atoms with van der Waals surface area (Å²) >= 11 is 0. The van der Waals surface area contributed by atoms with Crippen LogP contribution in [0.15, 0.2) is 12.7 Å². The number of carbonyl (C=O) groups is 1. The lowest BCUT2D eigenvalue weighted by Gasteiger charge is -2.47. The van der Waals surface area contributed by atoms with E-state index in [1.165, 1.54) is 55.0 Å². The summed E-state index contributed by atoms with van der Waals surface area (Å²) in [5.74, 6) is 3.62. The molecule has 5 fully saturated rings. The Kier molecular flexibility index (Phi) is 4.85. The molecule has 3 aliphatic heterocycles. The lowest BCUT2D eigenvalue weighted by atomic mass is 9.65. The summed E-state index contributed by atoms with van der Waals surface area (Å²) in [6, 6.07) is 3.20. The largest absolute Gasteiger partial charge is 0.355 e. The van der Waals surface area contributed by atoms with Crippen LogP contribution in [-0.4, -0.2) is 54.6 Å². The molecule has 6 atom stereocenters. The van der Waals surface area contributed by atoms with Crippen molar-refractivity contribution in [1.29, 1.82) is 5.26 Å². The van der Waals surface area contributed by atoms with E-state index in [4.69, 9.17) is 4.98 Å². The zero-order valence-corrected chi connectivity index (χ0v) is 20.7. The highest BCUT2D eigenvalue weighted by molar-refractivity contribution is 5.87. The third-order valence-electron chi connectivity index (χ3n) is 10.4. The van der Waals surface area contributed by atoms with E-state index >= 15 is 0 Å². The Morgan fingerprint density at radius 1 is 1.20 bits per heavy atom. The van der Waals surface area contributed by atoms with Crippen molar-refractivity contribution in [2.24, 2.45) is 17.3 Å². The molecule has 7 nitrogen and oxygen atoms in total. The average Bonchev–Trinajstić information content (AvgIpc) is 3.64. The lowest BCUT2D eigenvalue weighted by molar-refractivity contribution is -0.136. The Balaban J connectivity index is 1.30. The van der Waals surface area contributed by atoms with Gasteiger partial charge in [0.15, 0.2) is 0 Å². The summed E-state index contributed by atoms with van der Waals surface area (Å²) in [5, 5.41) is 10.7.